The summed E-state index contributed by atoms with van der Waals surface area (Å²) in [5.41, 5.74) is -2.73. The van der Waals surface area contributed by atoms with E-state index in [-0.39, 0.29) is 0 Å². The van der Waals surface area contributed by atoms with Gasteiger partial charge in [-0.2, -0.15) is 5.26 Å². The molecule has 15 heavy (non-hydrogen) atoms. The zero-order chi connectivity index (χ0) is 11.6. The lowest BCUT2D eigenvalue weighted by Crippen LogP contribution is -2.06. The molecule has 0 radical (unpaired) electrons. The third kappa shape index (κ3) is 2.07. The Morgan fingerprint density at radius 3 is 2.60 bits per heavy atom. The highest BCUT2D eigenvalue weighted by atomic mass is 35.5. The largest absolute Gasteiger partial charge is 0.276 e. The molecule has 0 aliphatic rings. The monoisotopic (exact) mass is 234 g/mol. The van der Waals surface area contributed by atoms with Crippen molar-refractivity contribution in [3.8, 4) is 6.07 Å². The molecule has 0 atom stereocenters. The summed E-state index contributed by atoms with van der Waals surface area (Å²) in [6.45, 7) is 0. The van der Waals surface area contributed by atoms with Gasteiger partial charge in [0.25, 0.3) is 11.7 Å². The number of nitriles is 1. The number of hydrogen-bond donors (Lipinski definition) is 0. The highest BCUT2D eigenvalue weighted by Gasteiger charge is 2.25. The lowest BCUT2D eigenvalue weighted by Gasteiger charge is -2.06. The van der Waals surface area contributed by atoms with Gasteiger partial charge in [-0.25, -0.2) is 18.2 Å². The fourth-order valence-electron chi connectivity index (χ4n) is 0.949. The lowest BCUT2D eigenvalue weighted by atomic mass is 10.1. The quantitative estimate of drug-likeness (QED) is 0.739. The summed E-state index contributed by atoms with van der Waals surface area (Å²) in [6, 6.07) is 1.28. The van der Waals surface area contributed by atoms with Crippen LogP contribution in [0.4, 0.5) is 13.2 Å². The molecule has 1 heterocycles. The van der Waals surface area contributed by atoms with Crippen molar-refractivity contribution >= 4 is 16.8 Å². The maximum atomic E-state index is 13.2. The van der Waals surface area contributed by atoms with E-state index in [0.717, 1.165) is 0 Å². The zero-order valence-electron chi connectivity index (χ0n) is 6.97. The standard InChI is InChI=1S/C8H2ClF3N2O/c9-7(15)3-2-14-4(1-13)6(10)5(3)8(11)12/h2,8H. The summed E-state index contributed by atoms with van der Waals surface area (Å²) < 4.78 is 37.9. The number of alkyl halides is 2. The minimum atomic E-state index is -3.24. The molecule has 1 aromatic heterocycles. The number of halogens is 4. The average Bonchev–Trinajstić information content (AvgIpc) is 2.16. The van der Waals surface area contributed by atoms with Crippen LogP contribution < -0.4 is 0 Å². The van der Waals surface area contributed by atoms with Crippen LogP contribution in [0.1, 0.15) is 28.0 Å². The van der Waals surface area contributed by atoms with Gasteiger partial charge in [-0.1, -0.05) is 0 Å². The zero-order valence-corrected chi connectivity index (χ0v) is 7.73. The Hall–Kier alpha value is -1.61. The number of rotatable bonds is 2. The molecule has 0 unspecified atom stereocenters. The molecule has 0 fully saturated rings. The first-order chi connectivity index (χ1) is 6.99. The van der Waals surface area contributed by atoms with E-state index in [4.69, 9.17) is 16.9 Å². The Morgan fingerprint density at radius 1 is 1.60 bits per heavy atom. The SMILES string of the molecule is N#Cc1ncc(C(=O)Cl)c(C(F)F)c1F. The molecule has 0 spiro atoms. The van der Waals surface area contributed by atoms with Gasteiger partial charge in [-0.3, -0.25) is 4.79 Å². The Kier molecular flexibility index (Phi) is 3.27. The number of carbonyl (C=O) groups excluding carboxylic acids is 1. The van der Waals surface area contributed by atoms with Crippen molar-refractivity contribution in [2.24, 2.45) is 0 Å². The molecule has 7 heteroatoms. The van der Waals surface area contributed by atoms with Gasteiger partial charge >= 0.3 is 0 Å². The van der Waals surface area contributed by atoms with Crippen molar-refractivity contribution in [2.45, 2.75) is 6.43 Å². The van der Waals surface area contributed by atoms with Gasteiger partial charge in [-0.05, 0) is 11.6 Å². The predicted octanol–water partition coefficient (Wildman–Crippen LogP) is 2.41. The van der Waals surface area contributed by atoms with Crippen LogP contribution in [-0.2, 0) is 0 Å². The predicted molar refractivity (Wildman–Crippen MR) is 44.1 cm³/mol. The third-order valence-corrected chi connectivity index (χ3v) is 1.80. The maximum Gasteiger partial charge on any atom is 0.267 e. The van der Waals surface area contributed by atoms with Gasteiger partial charge in [0.15, 0.2) is 11.5 Å². The molecule has 3 nitrogen and oxygen atoms in total. The average molecular weight is 235 g/mol. The number of nitrogens with zero attached hydrogens (tertiary/aromatic N) is 2. The van der Waals surface area contributed by atoms with Crippen LogP contribution in [0.15, 0.2) is 6.20 Å². The van der Waals surface area contributed by atoms with E-state index in [9.17, 15) is 18.0 Å². The first-order valence-corrected chi connectivity index (χ1v) is 3.93. The van der Waals surface area contributed by atoms with Gasteiger partial charge in [0.05, 0.1) is 11.1 Å². The second kappa shape index (κ2) is 4.28. The number of pyridine rings is 1. The minimum absolute atomic E-state index is 0.651. The van der Waals surface area contributed by atoms with Gasteiger partial charge in [0.2, 0.25) is 0 Å². The summed E-state index contributed by atoms with van der Waals surface area (Å²) in [5, 5.41) is 7.09. The molecular formula is C8H2ClF3N2O. The van der Waals surface area contributed by atoms with Gasteiger partial charge in [-0.15, -0.1) is 0 Å². The normalized spacial score (nSPS) is 10.1. The van der Waals surface area contributed by atoms with Crippen LogP contribution in [0.25, 0.3) is 0 Å². The Bertz CT molecular complexity index is 456. The van der Waals surface area contributed by atoms with Crippen LogP contribution in [0, 0.1) is 17.1 Å². The molecule has 0 saturated carbocycles. The van der Waals surface area contributed by atoms with Crippen molar-refractivity contribution in [1.82, 2.24) is 4.98 Å². The van der Waals surface area contributed by atoms with E-state index in [2.05, 4.69) is 4.98 Å². The van der Waals surface area contributed by atoms with Gasteiger partial charge < -0.3 is 0 Å². The van der Waals surface area contributed by atoms with Crippen LogP contribution in [0.3, 0.4) is 0 Å². The van der Waals surface area contributed by atoms with E-state index >= 15 is 0 Å². The second-order valence-corrected chi connectivity index (χ2v) is 2.78. The maximum absolute atomic E-state index is 13.2. The van der Waals surface area contributed by atoms with Crippen LogP contribution >= 0.6 is 11.6 Å². The molecule has 0 aliphatic carbocycles. The van der Waals surface area contributed by atoms with E-state index < -0.39 is 34.3 Å². The van der Waals surface area contributed by atoms with Crippen molar-refractivity contribution in [3.05, 3.63) is 28.8 Å². The van der Waals surface area contributed by atoms with Crippen molar-refractivity contribution in [1.29, 1.82) is 5.26 Å². The molecule has 0 N–H and O–H groups in total. The van der Waals surface area contributed by atoms with E-state index in [0.29, 0.717) is 6.20 Å². The molecule has 0 aromatic carbocycles. The molecule has 78 valence electrons. The number of carbonyl (C=O) groups is 1. The summed E-state index contributed by atoms with van der Waals surface area (Å²) in [6.07, 6.45) is -2.59. The molecule has 0 bridgehead atoms. The van der Waals surface area contributed by atoms with Crippen LogP contribution in [0.5, 0.6) is 0 Å². The highest BCUT2D eigenvalue weighted by molar-refractivity contribution is 6.67. The molecule has 1 aromatic rings. The number of hydrogen-bond acceptors (Lipinski definition) is 3. The van der Waals surface area contributed by atoms with Crippen LogP contribution in [-0.4, -0.2) is 10.2 Å². The van der Waals surface area contributed by atoms with E-state index in [1.165, 1.54) is 6.07 Å². The highest BCUT2D eigenvalue weighted by Crippen LogP contribution is 2.27. The summed E-state index contributed by atoms with van der Waals surface area (Å²) in [4.78, 5) is 13.9. The Labute approximate surface area is 87.1 Å². The third-order valence-electron chi connectivity index (χ3n) is 1.59. The smallest absolute Gasteiger partial charge is 0.267 e. The topological polar surface area (TPSA) is 53.8 Å². The Morgan fingerprint density at radius 2 is 2.20 bits per heavy atom. The first-order valence-electron chi connectivity index (χ1n) is 3.55. The molecule has 0 saturated heterocycles. The fourth-order valence-corrected chi connectivity index (χ4v) is 1.10. The van der Waals surface area contributed by atoms with Crippen molar-refractivity contribution in [2.75, 3.05) is 0 Å². The fraction of sp³-hybridized carbons (Fsp3) is 0.125. The lowest BCUT2D eigenvalue weighted by molar-refractivity contribution is 0.106. The van der Waals surface area contributed by atoms with Gasteiger partial charge in [0, 0.05) is 6.20 Å². The minimum Gasteiger partial charge on any atom is -0.276 e. The van der Waals surface area contributed by atoms with Gasteiger partial charge in [0.1, 0.15) is 6.07 Å². The summed E-state index contributed by atoms with van der Waals surface area (Å²) in [7, 11) is 0. The second-order valence-electron chi connectivity index (χ2n) is 2.43. The molecular weight excluding hydrogens is 233 g/mol. The first kappa shape index (κ1) is 11.5. The van der Waals surface area contributed by atoms with Crippen LogP contribution in [0.2, 0.25) is 0 Å². The molecule has 0 amide bonds. The van der Waals surface area contributed by atoms with Crippen molar-refractivity contribution < 1.29 is 18.0 Å². The summed E-state index contributed by atoms with van der Waals surface area (Å²) in [5.74, 6) is -1.51. The number of aromatic nitrogens is 1. The van der Waals surface area contributed by atoms with E-state index in [1.54, 1.807) is 0 Å². The molecule has 0 aliphatic heterocycles. The summed E-state index contributed by atoms with van der Waals surface area (Å²) >= 11 is 4.96. The van der Waals surface area contributed by atoms with Crippen molar-refractivity contribution in [3.63, 3.8) is 0 Å². The Balaban J connectivity index is 3.53. The molecule has 1 rings (SSSR count). The van der Waals surface area contributed by atoms with E-state index in [1.807, 2.05) is 0 Å².